The van der Waals surface area contributed by atoms with Gasteiger partial charge in [0.25, 0.3) is 0 Å². The van der Waals surface area contributed by atoms with E-state index in [1.54, 1.807) is 7.11 Å². The monoisotopic (exact) mass is 295 g/mol. The molecule has 3 rings (SSSR count). The molecule has 0 bridgehead atoms. The van der Waals surface area contributed by atoms with Gasteiger partial charge in [-0.2, -0.15) is 0 Å². The van der Waals surface area contributed by atoms with Gasteiger partial charge in [0.1, 0.15) is 6.10 Å². The number of carbonyl (C=O) groups is 1. The topological polar surface area (TPSA) is 38.3 Å². The summed E-state index contributed by atoms with van der Waals surface area (Å²) in [6.45, 7) is 1.94. The standard InChI is InChI=1S/C19H21NO2/c1-13(14-8-4-3-5-9-14)19(21)20-17-12-15-10-6-7-11-16(15)18(17)22-2/h3-11,13,17-18H,12H2,1-2H3,(H,20,21). The zero-order valence-electron chi connectivity index (χ0n) is 13.0. The highest BCUT2D eigenvalue weighted by Gasteiger charge is 2.34. The molecule has 3 heteroatoms. The minimum Gasteiger partial charge on any atom is -0.375 e. The second-order valence-electron chi connectivity index (χ2n) is 5.81. The predicted octanol–water partition coefficient (Wildman–Crippen LogP) is 3.22. The minimum absolute atomic E-state index is 0.000984. The van der Waals surface area contributed by atoms with Gasteiger partial charge in [-0.3, -0.25) is 4.79 Å². The molecule has 3 atom stereocenters. The SMILES string of the molecule is COC1c2ccccc2CC1NC(=O)C(C)c1ccccc1. The lowest BCUT2D eigenvalue weighted by Gasteiger charge is -2.22. The fourth-order valence-electron chi connectivity index (χ4n) is 3.18. The first-order chi connectivity index (χ1) is 10.7. The van der Waals surface area contributed by atoms with Crippen LogP contribution in [0.15, 0.2) is 54.6 Å². The lowest BCUT2D eigenvalue weighted by molar-refractivity contribution is -0.123. The summed E-state index contributed by atoms with van der Waals surface area (Å²) in [7, 11) is 1.70. The van der Waals surface area contributed by atoms with Crippen LogP contribution in [-0.2, 0) is 16.0 Å². The smallest absolute Gasteiger partial charge is 0.227 e. The van der Waals surface area contributed by atoms with Gasteiger partial charge in [0.15, 0.2) is 0 Å². The zero-order valence-corrected chi connectivity index (χ0v) is 13.0. The van der Waals surface area contributed by atoms with Crippen molar-refractivity contribution in [3.63, 3.8) is 0 Å². The molecule has 0 aliphatic heterocycles. The number of nitrogens with one attached hydrogen (secondary N) is 1. The van der Waals surface area contributed by atoms with Crippen molar-refractivity contribution in [2.75, 3.05) is 7.11 Å². The van der Waals surface area contributed by atoms with Crippen molar-refractivity contribution < 1.29 is 9.53 Å². The molecule has 1 N–H and O–H groups in total. The Morgan fingerprint density at radius 2 is 1.82 bits per heavy atom. The van der Waals surface area contributed by atoms with E-state index in [1.165, 1.54) is 11.1 Å². The molecule has 0 heterocycles. The molecule has 22 heavy (non-hydrogen) atoms. The molecule has 2 aromatic carbocycles. The number of carbonyl (C=O) groups excluding carboxylic acids is 1. The highest BCUT2D eigenvalue weighted by atomic mass is 16.5. The fraction of sp³-hybridized carbons (Fsp3) is 0.316. The Balaban J connectivity index is 1.73. The Kier molecular flexibility index (Phi) is 4.25. The van der Waals surface area contributed by atoms with E-state index < -0.39 is 0 Å². The first kappa shape index (κ1) is 14.8. The highest BCUT2D eigenvalue weighted by Crippen LogP contribution is 2.34. The van der Waals surface area contributed by atoms with Gasteiger partial charge in [-0.15, -0.1) is 0 Å². The molecule has 1 amide bonds. The summed E-state index contributed by atoms with van der Waals surface area (Å²) in [5.74, 6) is -0.117. The van der Waals surface area contributed by atoms with E-state index in [4.69, 9.17) is 4.74 Å². The number of hydrogen-bond acceptors (Lipinski definition) is 2. The van der Waals surface area contributed by atoms with Crippen LogP contribution in [0, 0.1) is 0 Å². The van der Waals surface area contributed by atoms with E-state index in [0.29, 0.717) is 0 Å². The molecule has 0 aromatic heterocycles. The maximum Gasteiger partial charge on any atom is 0.227 e. The Labute approximate surface area is 131 Å². The molecule has 114 valence electrons. The third kappa shape index (κ3) is 2.77. The molecule has 0 saturated carbocycles. The normalized spacial score (nSPS) is 21.2. The summed E-state index contributed by atoms with van der Waals surface area (Å²) in [6.07, 6.45) is 0.755. The van der Waals surface area contributed by atoms with Gasteiger partial charge in [0.05, 0.1) is 12.0 Å². The summed E-state index contributed by atoms with van der Waals surface area (Å²) < 4.78 is 5.62. The maximum atomic E-state index is 12.5. The number of rotatable bonds is 4. The summed E-state index contributed by atoms with van der Waals surface area (Å²) >= 11 is 0. The summed E-state index contributed by atoms with van der Waals surface area (Å²) in [5, 5.41) is 3.16. The van der Waals surface area contributed by atoms with E-state index >= 15 is 0 Å². The van der Waals surface area contributed by atoms with Crippen LogP contribution in [0.25, 0.3) is 0 Å². The van der Waals surface area contributed by atoms with E-state index in [0.717, 1.165) is 12.0 Å². The molecule has 0 radical (unpaired) electrons. The lowest BCUT2D eigenvalue weighted by Crippen LogP contribution is -2.40. The van der Waals surface area contributed by atoms with Crippen molar-refractivity contribution >= 4 is 5.91 Å². The van der Waals surface area contributed by atoms with Gasteiger partial charge < -0.3 is 10.1 Å². The first-order valence-electron chi connectivity index (χ1n) is 7.66. The number of ether oxygens (including phenoxy) is 1. The molecular formula is C19H21NO2. The van der Waals surface area contributed by atoms with E-state index in [1.807, 2.05) is 49.4 Å². The van der Waals surface area contributed by atoms with E-state index in [2.05, 4.69) is 17.4 Å². The van der Waals surface area contributed by atoms with Crippen LogP contribution < -0.4 is 5.32 Å². The van der Waals surface area contributed by atoms with E-state index in [-0.39, 0.29) is 24.0 Å². The van der Waals surface area contributed by atoms with Crippen LogP contribution in [0.2, 0.25) is 0 Å². The van der Waals surface area contributed by atoms with Gasteiger partial charge in [-0.05, 0) is 30.0 Å². The molecule has 0 fully saturated rings. The summed E-state index contributed by atoms with van der Waals surface area (Å²) in [4.78, 5) is 12.5. The lowest BCUT2D eigenvalue weighted by atomic mass is 9.99. The summed E-state index contributed by atoms with van der Waals surface area (Å²) in [5.41, 5.74) is 3.47. The number of benzene rings is 2. The number of methoxy groups -OCH3 is 1. The Morgan fingerprint density at radius 3 is 2.55 bits per heavy atom. The van der Waals surface area contributed by atoms with Gasteiger partial charge in [0, 0.05) is 7.11 Å². The molecule has 2 aromatic rings. The van der Waals surface area contributed by atoms with Crippen LogP contribution in [0.4, 0.5) is 0 Å². The van der Waals surface area contributed by atoms with Crippen molar-refractivity contribution in [2.24, 2.45) is 0 Å². The largest absolute Gasteiger partial charge is 0.375 e. The van der Waals surface area contributed by atoms with Crippen molar-refractivity contribution in [3.05, 3.63) is 71.3 Å². The van der Waals surface area contributed by atoms with Crippen molar-refractivity contribution in [3.8, 4) is 0 Å². The van der Waals surface area contributed by atoms with Crippen molar-refractivity contribution in [2.45, 2.75) is 31.4 Å². The molecule has 0 saturated heterocycles. The third-order valence-corrected chi connectivity index (χ3v) is 4.44. The Morgan fingerprint density at radius 1 is 1.14 bits per heavy atom. The minimum atomic E-state index is -0.164. The van der Waals surface area contributed by atoms with Gasteiger partial charge in [-0.25, -0.2) is 0 Å². The fourth-order valence-corrected chi connectivity index (χ4v) is 3.18. The maximum absolute atomic E-state index is 12.5. The number of hydrogen-bond donors (Lipinski definition) is 1. The van der Waals surface area contributed by atoms with Crippen LogP contribution in [0.1, 0.15) is 35.6 Å². The van der Waals surface area contributed by atoms with Crippen molar-refractivity contribution in [1.29, 1.82) is 0 Å². The molecule has 1 aliphatic carbocycles. The quantitative estimate of drug-likeness (QED) is 0.940. The van der Waals surface area contributed by atoms with E-state index in [9.17, 15) is 4.79 Å². The Hall–Kier alpha value is -2.13. The van der Waals surface area contributed by atoms with Crippen LogP contribution in [-0.4, -0.2) is 19.1 Å². The molecule has 1 aliphatic rings. The second-order valence-corrected chi connectivity index (χ2v) is 5.81. The highest BCUT2D eigenvalue weighted by molar-refractivity contribution is 5.83. The molecule has 3 unspecified atom stereocenters. The summed E-state index contributed by atoms with van der Waals surface area (Å²) in [6, 6.07) is 18.1. The Bertz CT molecular complexity index is 653. The van der Waals surface area contributed by atoms with Crippen LogP contribution in [0.5, 0.6) is 0 Å². The zero-order chi connectivity index (χ0) is 15.5. The number of amides is 1. The average Bonchev–Trinajstić information content (AvgIpc) is 2.91. The molecule has 0 spiro atoms. The van der Waals surface area contributed by atoms with Crippen molar-refractivity contribution in [1.82, 2.24) is 5.32 Å². The molecule has 3 nitrogen and oxygen atoms in total. The van der Waals surface area contributed by atoms with Crippen LogP contribution >= 0.6 is 0 Å². The van der Waals surface area contributed by atoms with Gasteiger partial charge >= 0.3 is 0 Å². The third-order valence-electron chi connectivity index (χ3n) is 4.44. The molecular weight excluding hydrogens is 274 g/mol. The van der Waals surface area contributed by atoms with Crippen LogP contribution in [0.3, 0.4) is 0 Å². The van der Waals surface area contributed by atoms with Gasteiger partial charge in [0.2, 0.25) is 5.91 Å². The van der Waals surface area contributed by atoms with Gasteiger partial charge in [-0.1, -0.05) is 54.6 Å². The average molecular weight is 295 g/mol. The second kappa shape index (κ2) is 6.32. The number of fused-ring (bicyclic) bond motifs is 1. The first-order valence-corrected chi connectivity index (χ1v) is 7.66. The predicted molar refractivity (Wildman–Crippen MR) is 86.7 cm³/mol.